The minimum atomic E-state index is -0.184. The Morgan fingerprint density at radius 2 is 2.31 bits per heavy atom. The molecular weight excluding hydrogens is 205 g/mol. The van der Waals surface area contributed by atoms with Crippen LogP contribution >= 0.6 is 0 Å². The van der Waals surface area contributed by atoms with Crippen LogP contribution in [0.25, 0.3) is 10.9 Å². The van der Waals surface area contributed by atoms with Gasteiger partial charge in [0.05, 0.1) is 18.4 Å². The zero-order chi connectivity index (χ0) is 11.0. The van der Waals surface area contributed by atoms with Crippen LogP contribution in [0.3, 0.4) is 0 Å². The summed E-state index contributed by atoms with van der Waals surface area (Å²) < 4.78 is 12.3. The zero-order valence-electron chi connectivity index (χ0n) is 8.99. The third-order valence-electron chi connectivity index (χ3n) is 3.16. The average Bonchev–Trinajstić information content (AvgIpc) is 2.69. The van der Waals surface area contributed by atoms with E-state index in [1.807, 2.05) is 6.20 Å². The summed E-state index contributed by atoms with van der Waals surface area (Å²) in [6.07, 6.45) is 1.82. The van der Waals surface area contributed by atoms with Crippen molar-refractivity contribution >= 4 is 10.9 Å². The molecule has 1 saturated heterocycles. The average molecular weight is 219 g/mol. The van der Waals surface area contributed by atoms with Gasteiger partial charge in [-0.1, -0.05) is 12.1 Å². The largest absolute Gasteiger partial charge is 0.298 e. The standard InChI is InChI=1S/C12H14FN3/c13-4-10-7-16(8-10)6-9-1-2-11-5-14-15-12(11)3-9/h1-3,5,10H,4,6-8H2,(H,14,15). The number of benzene rings is 1. The first-order chi connectivity index (χ1) is 7.85. The van der Waals surface area contributed by atoms with Crippen LogP contribution in [0.15, 0.2) is 24.4 Å². The summed E-state index contributed by atoms with van der Waals surface area (Å²) >= 11 is 0. The van der Waals surface area contributed by atoms with Gasteiger partial charge in [-0.25, -0.2) is 0 Å². The fraction of sp³-hybridized carbons (Fsp3) is 0.417. The molecular formula is C12H14FN3. The van der Waals surface area contributed by atoms with Crippen LogP contribution < -0.4 is 0 Å². The van der Waals surface area contributed by atoms with Crippen LogP contribution in [0, 0.1) is 5.92 Å². The SMILES string of the molecule is FCC1CN(Cc2ccc3cn[nH]c3c2)C1. The number of hydrogen-bond donors (Lipinski definition) is 1. The quantitative estimate of drug-likeness (QED) is 0.855. The Morgan fingerprint density at radius 1 is 1.44 bits per heavy atom. The van der Waals surface area contributed by atoms with Crippen molar-refractivity contribution in [2.24, 2.45) is 5.92 Å². The van der Waals surface area contributed by atoms with Crippen LogP contribution in [0.2, 0.25) is 0 Å². The van der Waals surface area contributed by atoms with Crippen molar-refractivity contribution < 1.29 is 4.39 Å². The Morgan fingerprint density at radius 3 is 3.12 bits per heavy atom. The Kier molecular flexibility index (Phi) is 2.36. The van der Waals surface area contributed by atoms with Gasteiger partial charge in [0.25, 0.3) is 0 Å². The summed E-state index contributed by atoms with van der Waals surface area (Å²) in [5, 5.41) is 8.09. The summed E-state index contributed by atoms with van der Waals surface area (Å²) in [4.78, 5) is 2.27. The van der Waals surface area contributed by atoms with Gasteiger partial charge < -0.3 is 0 Å². The normalized spacial score (nSPS) is 17.8. The number of nitrogens with zero attached hydrogens (tertiary/aromatic N) is 2. The lowest BCUT2D eigenvalue weighted by Gasteiger charge is -2.37. The van der Waals surface area contributed by atoms with Gasteiger partial charge in [0.15, 0.2) is 0 Å². The van der Waals surface area contributed by atoms with E-state index < -0.39 is 0 Å². The third kappa shape index (κ3) is 1.69. The van der Waals surface area contributed by atoms with E-state index in [2.05, 4.69) is 33.3 Å². The zero-order valence-corrected chi connectivity index (χ0v) is 8.99. The van der Waals surface area contributed by atoms with E-state index >= 15 is 0 Å². The highest BCUT2D eigenvalue weighted by atomic mass is 19.1. The van der Waals surface area contributed by atoms with E-state index in [9.17, 15) is 4.39 Å². The Balaban J connectivity index is 1.70. The van der Waals surface area contributed by atoms with Crippen LogP contribution in [0.4, 0.5) is 4.39 Å². The lowest BCUT2D eigenvalue weighted by atomic mass is 10.0. The molecule has 1 aliphatic heterocycles. The van der Waals surface area contributed by atoms with Gasteiger partial charge >= 0.3 is 0 Å². The smallest absolute Gasteiger partial charge is 0.0947 e. The maximum Gasteiger partial charge on any atom is 0.0947 e. The number of nitrogens with one attached hydrogen (secondary N) is 1. The lowest BCUT2D eigenvalue weighted by molar-refractivity contribution is 0.0738. The van der Waals surface area contributed by atoms with E-state index in [0.29, 0.717) is 0 Å². The molecule has 0 aliphatic carbocycles. The van der Waals surface area contributed by atoms with Crippen LogP contribution in [-0.2, 0) is 6.54 Å². The van der Waals surface area contributed by atoms with Crippen molar-refractivity contribution in [1.29, 1.82) is 0 Å². The van der Waals surface area contributed by atoms with Crippen molar-refractivity contribution in [2.45, 2.75) is 6.54 Å². The number of hydrogen-bond acceptors (Lipinski definition) is 2. The molecule has 1 N–H and O–H groups in total. The number of aromatic amines is 1. The van der Waals surface area contributed by atoms with Gasteiger partial charge in [-0.15, -0.1) is 0 Å². The first-order valence-corrected chi connectivity index (χ1v) is 5.55. The van der Waals surface area contributed by atoms with Gasteiger partial charge in [-0.05, 0) is 11.6 Å². The summed E-state index contributed by atoms with van der Waals surface area (Å²) in [5.74, 6) is 0.260. The van der Waals surface area contributed by atoms with Crippen molar-refractivity contribution in [2.75, 3.05) is 19.8 Å². The van der Waals surface area contributed by atoms with Gasteiger partial charge in [0, 0.05) is 30.9 Å². The fourth-order valence-corrected chi connectivity index (χ4v) is 2.24. The highest BCUT2D eigenvalue weighted by molar-refractivity contribution is 5.78. The molecule has 0 atom stereocenters. The first-order valence-electron chi connectivity index (χ1n) is 5.55. The molecule has 84 valence electrons. The number of alkyl halides is 1. The van der Waals surface area contributed by atoms with E-state index in [1.54, 1.807) is 0 Å². The van der Waals surface area contributed by atoms with E-state index in [0.717, 1.165) is 30.5 Å². The van der Waals surface area contributed by atoms with Crippen LogP contribution in [0.5, 0.6) is 0 Å². The highest BCUT2D eigenvalue weighted by Gasteiger charge is 2.26. The van der Waals surface area contributed by atoms with Crippen molar-refractivity contribution in [3.8, 4) is 0 Å². The maximum atomic E-state index is 12.3. The molecule has 2 heterocycles. The molecule has 0 spiro atoms. The summed E-state index contributed by atoms with van der Waals surface area (Å²) in [6, 6.07) is 6.30. The highest BCUT2D eigenvalue weighted by Crippen LogP contribution is 2.20. The maximum absolute atomic E-state index is 12.3. The molecule has 0 unspecified atom stereocenters. The van der Waals surface area contributed by atoms with Crippen molar-refractivity contribution in [1.82, 2.24) is 15.1 Å². The molecule has 0 amide bonds. The van der Waals surface area contributed by atoms with E-state index in [4.69, 9.17) is 0 Å². The predicted octanol–water partition coefficient (Wildman–Crippen LogP) is 1.96. The van der Waals surface area contributed by atoms with Crippen molar-refractivity contribution in [3.05, 3.63) is 30.0 Å². The van der Waals surface area contributed by atoms with Crippen molar-refractivity contribution in [3.63, 3.8) is 0 Å². The molecule has 1 aromatic carbocycles. The molecule has 1 aromatic heterocycles. The molecule has 1 fully saturated rings. The second-order valence-corrected chi connectivity index (χ2v) is 4.51. The molecule has 0 radical (unpaired) electrons. The van der Waals surface area contributed by atoms with E-state index in [-0.39, 0.29) is 12.6 Å². The summed E-state index contributed by atoms with van der Waals surface area (Å²) in [5.41, 5.74) is 2.33. The van der Waals surface area contributed by atoms with Gasteiger partial charge in [-0.3, -0.25) is 14.4 Å². The van der Waals surface area contributed by atoms with E-state index in [1.165, 1.54) is 5.56 Å². The van der Waals surface area contributed by atoms with Gasteiger partial charge in [0.2, 0.25) is 0 Å². The first kappa shape index (κ1) is 9.78. The second kappa shape index (κ2) is 3.87. The number of H-pyrrole nitrogens is 1. The molecule has 0 bridgehead atoms. The summed E-state index contributed by atoms with van der Waals surface area (Å²) in [6.45, 7) is 2.50. The summed E-state index contributed by atoms with van der Waals surface area (Å²) in [7, 11) is 0. The number of fused-ring (bicyclic) bond motifs is 1. The molecule has 1 aliphatic rings. The predicted molar refractivity (Wildman–Crippen MR) is 60.8 cm³/mol. The molecule has 3 nitrogen and oxygen atoms in total. The third-order valence-corrected chi connectivity index (χ3v) is 3.16. The minimum absolute atomic E-state index is 0.184. The number of aromatic nitrogens is 2. The van der Waals surface area contributed by atoms with Crippen LogP contribution in [-0.4, -0.2) is 34.9 Å². The van der Waals surface area contributed by atoms with Gasteiger partial charge in [-0.2, -0.15) is 5.10 Å². The Bertz CT molecular complexity index is 488. The molecule has 4 heteroatoms. The number of likely N-dealkylation sites (tertiary alicyclic amines) is 1. The molecule has 3 rings (SSSR count). The second-order valence-electron chi connectivity index (χ2n) is 4.51. The molecule has 2 aromatic rings. The Hall–Kier alpha value is -1.42. The topological polar surface area (TPSA) is 31.9 Å². The molecule has 16 heavy (non-hydrogen) atoms. The number of rotatable bonds is 3. The molecule has 0 saturated carbocycles. The minimum Gasteiger partial charge on any atom is -0.298 e. The Labute approximate surface area is 93.3 Å². The van der Waals surface area contributed by atoms with Gasteiger partial charge in [0.1, 0.15) is 0 Å². The monoisotopic (exact) mass is 219 g/mol. The van der Waals surface area contributed by atoms with Crippen LogP contribution in [0.1, 0.15) is 5.56 Å². The number of halogens is 1. The lowest BCUT2D eigenvalue weighted by Crippen LogP contribution is -2.46. The fourth-order valence-electron chi connectivity index (χ4n) is 2.24.